The summed E-state index contributed by atoms with van der Waals surface area (Å²) in [5.74, 6) is 1.25. The third-order valence-electron chi connectivity index (χ3n) is 3.92. The standard InChI is InChI=1S/C12H17N3O3/c16-12(17)9-1-4-15-10(7-9)13-14-11(15)8-2-5-18-6-3-8/h8-9H,1-7H2,(H,16,17). The lowest BCUT2D eigenvalue weighted by molar-refractivity contribution is -0.142. The zero-order chi connectivity index (χ0) is 12.5. The summed E-state index contributed by atoms with van der Waals surface area (Å²) in [4.78, 5) is 11.0. The molecule has 1 aromatic heterocycles. The second-order valence-corrected chi connectivity index (χ2v) is 5.04. The zero-order valence-electron chi connectivity index (χ0n) is 10.2. The van der Waals surface area contributed by atoms with E-state index in [1.165, 1.54) is 0 Å². The Bertz CT molecular complexity index is 451. The van der Waals surface area contributed by atoms with E-state index in [-0.39, 0.29) is 5.92 Å². The van der Waals surface area contributed by atoms with Gasteiger partial charge in [0.2, 0.25) is 0 Å². The summed E-state index contributed by atoms with van der Waals surface area (Å²) in [6.45, 7) is 2.29. The van der Waals surface area contributed by atoms with Crippen molar-refractivity contribution < 1.29 is 14.6 Å². The minimum atomic E-state index is -0.725. The third-order valence-corrected chi connectivity index (χ3v) is 3.92. The van der Waals surface area contributed by atoms with Gasteiger partial charge >= 0.3 is 5.97 Å². The molecule has 6 heteroatoms. The molecule has 3 heterocycles. The van der Waals surface area contributed by atoms with Crippen LogP contribution < -0.4 is 0 Å². The highest BCUT2D eigenvalue weighted by Crippen LogP contribution is 2.29. The summed E-state index contributed by atoms with van der Waals surface area (Å²) in [7, 11) is 0. The number of carbonyl (C=O) groups is 1. The predicted octanol–water partition coefficient (Wildman–Crippen LogP) is 0.819. The van der Waals surface area contributed by atoms with Crippen LogP contribution in [-0.2, 0) is 22.5 Å². The molecule has 1 saturated heterocycles. The number of aromatic nitrogens is 3. The molecule has 2 aliphatic rings. The minimum Gasteiger partial charge on any atom is -0.481 e. The lowest BCUT2D eigenvalue weighted by atomic mass is 9.96. The van der Waals surface area contributed by atoms with Crippen LogP contribution in [0.4, 0.5) is 0 Å². The number of nitrogens with zero attached hydrogens (tertiary/aromatic N) is 3. The van der Waals surface area contributed by atoms with Gasteiger partial charge in [-0.3, -0.25) is 4.79 Å². The smallest absolute Gasteiger partial charge is 0.307 e. The second kappa shape index (κ2) is 4.68. The van der Waals surface area contributed by atoms with Crippen LogP contribution in [-0.4, -0.2) is 39.1 Å². The summed E-state index contributed by atoms with van der Waals surface area (Å²) >= 11 is 0. The lowest BCUT2D eigenvalue weighted by Gasteiger charge is -2.25. The molecule has 0 radical (unpaired) electrons. The molecule has 0 spiro atoms. The maximum absolute atomic E-state index is 11.0. The van der Waals surface area contributed by atoms with Crippen LogP contribution in [0, 0.1) is 5.92 Å². The number of hydrogen-bond acceptors (Lipinski definition) is 4. The SMILES string of the molecule is O=C(O)C1CCn2c(nnc2C2CCOCC2)C1. The van der Waals surface area contributed by atoms with Gasteiger partial charge in [-0.2, -0.15) is 0 Å². The largest absolute Gasteiger partial charge is 0.481 e. The molecule has 0 saturated carbocycles. The first kappa shape index (κ1) is 11.6. The van der Waals surface area contributed by atoms with Crippen molar-refractivity contribution in [1.29, 1.82) is 0 Å². The van der Waals surface area contributed by atoms with Gasteiger partial charge in [0.15, 0.2) is 0 Å². The van der Waals surface area contributed by atoms with Gasteiger partial charge in [-0.05, 0) is 19.3 Å². The van der Waals surface area contributed by atoms with Crippen LogP contribution in [0.25, 0.3) is 0 Å². The van der Waals surface area contributed by atoms with Crippen LogP contribution in [0.5, 0.6) is 0 Å². The van der Waals surface area contributed by atoms with Crippen molar-refractivity contribution in [2.24, 2.45) is 5.92 Å². The number of fused-ring (bicyclic) bond motifs is 1. The highest BCUT2D eigenvalue weighted by Gasteiger charge is 2.30. The number of hydrogen-bond donors (Lipinski definition) is 1. The first-order chi connectivity index (χ1) is 8.75. The van der Waals surface area contributed by atoms with E-state index >= 15 is 0 Å². The van der Waals surface area contributed by atoms with Crippen LogP contribution in [0.1, 0.15) is 36.8 Å². The van der Waals surface area contributed by atoms with Crippen molar-refractivity contribution >= 4 is 5.97 Å². The van der Waals surface area contributed by atoms with Crippen LogP contribution in [0.15, 0.2) is 0 Å². The van der Waals surface area contributed by atoms with E-state index in [1.807, 2.05) is 0 Å². The second-order valence-electron chi connectivity index (χ2n) is 5.04. The number of carboxylic acid groups (broad SMARTS) is 1. The summed E-state index contributed by atoms with van der Waals surface area (Å²) in [6, 6.07) is 0. The Kier molecular flexibility index (Phi) is 3.03. The van der Waals surface area contributed by atoms with Gasteiger partial charge < -0.3 is 14.4 Å². The molecule has 2 aliphatic heterocycles. The Hall–Kier alpha value is -1.43. The first-order valence-corrected chi connectivity index (χ1v) is 6.48. The summed E-state index contributed by atoms with van der Waals surface area (Å²) in [5.41, 5.74) is 0. The number of aliphatic carboxylic acids is 1. The lowest BCUT2D eigenvalue weighted by Crippen LogP contribution is -2.27. The molecule has 18 heavy (non-hydrogen) atoms. The Morgan fingerprint density at radius 1 is 1.28 bits per heavy atom. The molecule has 98 valence electrons. The molecule has 0 bridgehead atoms. The zero-order valence-corrected chi connectivity index (χ0v) is 10.2. The number of carboxylic acids is 1. The molecule has 0 amide bonds. The van der Waals surface area contributed by atoms with E-state index in [0.717, 1.165) is 44.2 Å². The highest BCUT2D eigenvalue weighted by atomic mass is 16.5. The van der Waals surface area contributed by atoms with Crippen molar-refractivity contribution in [2.75, 3.05) is 13.2 Å². The fraction of sp³-hybridized carbons (Fsp3) is 0.750. The highest BCUT2D eigenvalue weighted by molar-refractivity contribution is 5.70. The molecule has 1 N–H and O–H groups in total. The van der Waals surface area contributed by atoms with E-state index in [9.17, 15) is 4.79 Å². The predicted molar refractivity (Wildman–Crippen MR) is 62.3 cm³/mol. The molecular formula is C12H17N3O3. The molecule has 6 nitrogen and oxygen atoms in total. The van der Waals surface area contributed by atoms with Gasteiger partial charge in [0.1, 0.15) is 11.6 Å². The average molecular weight is 251 g/mol. The van der Waals surface area contributed by atoms with Gasteiger partial charge in [-0.1, -0.05) is 0 Å². The van der Waals surface area contributed by atoms with Gasteiger partial charge in [0.05, 0.1) is 5.92 Å². The third kappa shape index (κ3) is 2.01. The fourth-order valence-corrected chi connectivity index (χ4v) is 2.82. The molecule has 0 aromatic carbocycles. The Labute approximate surface area is 105 Å². The van der Waals surface area contributed by atoms with Crippen molar-refractivity contribution in [3.05, 3.63) is 11.6 Å². The van der Waals surface area contributed by atoms with Crippen LogP contribution >= 0.6 is 0 Å². The fourth-order valence-electron chi connectivity index (χ4n) is 2.82. The average Bonchev–Trinajstić information content (AvgIpc) is 2.82. The normalized spacial score (nSPS) is 24.8. The topological polar surface area (TPSA) is 77.2 Å². The number of rotatable bonds is 2. The van der Waals surface area contributed by atoms with Gasteiger partial charge in [-0.15, -0.1) is 10.2 Å². The maximum Gasteiger partial charge on any atom is 0.307 e. The molecule has 1 aromatic rings. The molecule has 1 atom stereocenters. The number of ether oxygens (including phenoxy) is 1. The Morgan fingerprint density at radius 3 is 2.78 bits per heavy atom. The van der Waals surface area contributed by atoms with Gasteiger partial charge in [0.25, 0.3) is 0 Å². The van der Waals surface area contributed by atoms with Crippen LogP contribution in [0.2, 0.25) is 0 Å². The quantitative estimate of drug-likeness (QED) is 0.842. The van der Waals surface area contributed by atoms with Gasteiger partial charge in [-0.25, -0.2) is 0 Å². The molecule has 1 fully saturated rings. The monoisotopic (exact) mass is 251 g/mol. The maximum atomic E-state index is 11.0. The summed E-state index contributed by atoms with van der Waals surface area (Å²) in [6.07, 6.45) is 3.16. The van der Waals surface area contributed by atoms with Crippen molar-refractivity contribution in [1.82, 2.24) is 14.8 Å². The molecule has 1 unspecified atom stereocenters. The van der Waals surface area contributed by atoms with E-state index in [2.05, 4.69) is 14.8 Å². The Balaban J connectivity index is 1.81. The van der Waals surface area contributed by atoms with Crippen molar-refractivity contribution in [3.8, 4) is 0 Å². The minimum absolute atomic E-state index is 0.302. The Morgan fingerprint density at radius 2 is 2.06 bits per heavy atom. The first-order valence-electron chi connectivity index (χ1n) is 6.48. The van der Waals surface area contributed by atoms with Gasteiger partial charge in [0, 0.05) is 32.1 Å². The molecular weight excluding hydrogens is 234 g/mol. The molecule has 3 rings (SSSR count). The van der Waals surface area contributed by atoms with E-state index in [1.54, 1.807) is 0 Å². The van der Waals surface area contributed by atoms with E-state index in [4.69, 9.17) is 9.84 Å². The summed E-state index contributed by atoms with van der Waals surface area (Å²) in [5, 5.41) is 17.5. The van der Waals surface area contributed by atoms with Crippen LogP contribution in [0.3, 0.4) is 0 Å². The van der Waals surface area contributed by atoms with Crippen molar-refractivity contribution in [3.63, 3.8) is 0 Å². The van der Waals surface area contributed by atoms with E-state index < -0.39 is 5.97 Å². The molecule has 0 aliphatic carbocycles. The van der Waals surface area contributed by atoms with Crippen molar-refractivity contribution in [2.45, 2.75) is 38.1 Å². The summed E-state index contributed by atoms with van der Waals surface area (Å²) < 4.78 is 7.48. The van der Waals surface area contributed by atoms with E-state index in [0.29, 0.717) is 18.8 Å².